The Kier molecular flexibility index (Phi) is 2.99. The van der Waals surface area contributed by atoms with E-state index in [4.69, 9.17) is 11.6 Å². The molecule has 2 aromatic rings. The van der Waals surface area contributed by atoms with E-state index in [1.54, 1.807) is 24.3 Å². The van der Waals surface area contributed by atoms with Crippen molar-refractivity contribution in [2.24, 2.45) is 0 Å². The Balaban J connectivity index is 2.99. The van der Waals surface area contributed by atoms with E-state index >= 15 is 0 Å². The van der Waals surface area contributed by atoms with Crippen LogP contribution in [0.1, 0.15) is 34.6 Å². The standard InChI is InChI=1S/C14H11ClO2/c1-8(16)10-4-3-5-12-13(15)7-6-11(9(2)17)14(10)12/h3-7H,1-2H3. The molecule has 2 rings (SSSR count). The molecule has 17 heavy (non-hydrogen) atoms. The predicted molar refractivity (Wildman–Crippen MR) is 69.0 cm³/mol. The molecule has 86 valence electrons. The number of Topliss-reactive ketones (excluding diaryl/α,β-unsaturated/α-hetero) is 2. The van der Waals surface area contributed by atoms with Gasteiger partial charge in [0.05, 0.1) is 0 Å². The smallest absolute Gasteiger partial charge is 0.160 e. The van der Waals surface area contributed by atoms with Crippen molar-refractivity contribution in [1.82, 2.24) is 0 Å². The molecule has 2 aromatic carbocycles. The van der Waals surface area contributed by atoms with Crippen LogP contribution >= 0.6 is 11.6 Å². The van der Waals surface area contributed by atoms with Gasteiger partial charge in [0, 0.05) is 26.9 Å². The fourth-order valence-corrected chi connectivity index (χ4v) is 2.18. The number of carbonyl (C=O) groups excluding carboxylic acids is 2. The highest BCUT2D eigenvalue weighted by Gasteiger charge is 2.14. The van der Waals surface area contributed by atoms with Crippen LogP contribution in [0.4, 0.5) is 0 Å². The second-order valence-electron chi connectivity index (χ2n) is 3.94. The highest BCUT2D eigenvalue weighted by molar-refractivity contribution is 6.37. The first kappa shape index (κ1) is 11.8. The summed E-state index contributed by atoms with van der Waals surface area (Å²) in [4.78, 5) is 23.2. The number of fused-ring (bicyclic) bond motifs is 1. The molecule has 0 atom stereocenters. The average Bonchev–Trinajstić information content (AvgIpc) is 2.28. The van der Waals surface area contributed by atoms with Gasteiger partial charge in [0.2, 0.25) is 0 Å². The number of carbonyl (C=O) groups is 2. The van der Waals surface area contributed by atoms with Gasteiger partial charge in [-0.2, -0.15) is 0 Å². The summed E-state index contributed by atoms with van der Waals surface area (Å²) in [6, 6.07) is 8.66. The minimum Gasteiger partial charge on any atom is -0.294 e. The van der Waals surface area contributed by atoms with Crippen LogP contribution in [0, 0.1) is 0 Å². The van der Waals surface area contributed by atoms with E-state index < -0.39 is 0 Å². The molecule has 0 fully saturated rings. The lowest BCUT2D eigenvalue weighted by Gasteiger charge is -2.09. The van der Waals surface area contributed by atoms with Crippen LogP contribution < -0.4 is 0 Å². The maximum Gasteiger partial charge on any atom is 0.160 e. The Labute approximate surface area is 104 Å². The number of benzene rings is 2. The third-order valence-corrected chi connectivity index (χ3v) is 3.08. The molecule has 0 saturated heterocycles. The first-order chi connectivity index (χ1) is 8.02. The molecule has 3 heteroatoms. The molecule has 0 aliphatic heterocycles. The van der Waals surface area contributed by atoms with E-state index in [9.17, 15) is 9.59 Å². The van der Waals surface area contributed by atoms with Crippen molar-refractivity contribution in [3.8, 4) is 0 Å². The molecule has 0 radical (unpaired) electrons. The molecule has 0 aliphatic carbocycles. The summed E-state index contributed by atoms with van der Waals surface area (Å²) >= 11 is 6.09. The number of ketones is 2. The van der Waals surface area contributed by atoms with Crippen LogP contribution in [0.25, 0.3) is 10.8 Å². The minimum atomic E-state index is -0.0691. The fourth-order valence-electron chi connectivity index (χ4n) is 1.96. The third-order valence-electron chi connectivity index (χ3n) is 2.75. The molecular weight excluding hydrogens is 236 g/mol. The highest BCUT2D eigenvalue weighted by atomic mass is 35.5. The second kappa shape index (κ2) is 4.30. The van der Waals surface area contributed by atoms with Gasteiger partial charge in [-0.05, 0) is 26.0 Å². The second-order valence-corrected chi connectivity index (χ2v) is 4.34. The van der Waals surface area contributed by atoms with Gasteiger partial charge in [-0.1, -0.05) is 29.8 Å². The zero-order chi connectivity index (χ0) is 12.6. The summed E-state index contributed by atoms with van der Waals surface area (Å²) in [5, 5.41) is 1.94. The molecule has 0 N–H and O–H groups in total. The van der Waals surface area contributed by atoms with Crippen LogP contribution in [0.5, 0.6) is 0 Å². The van der Waals surface area contributed by atoms with Gasteiger partial charge >= 0.3 is 0 Å². The van der Waals surface area contributed by atoms with Gasteiger partial charge < -0.3 is 0 Å². The average molecular weight is 247 g/mol. The van der Waals surface area contributed by atoms with Crippen LogP contribution in [-0.2, 0) is 0 Å². The first-order valence-electron chi connectivity index (χ1n) is 5.25. The predicted octanol–water partition coefficient (Wildman–Crippen LogP) is 3.90. The lowest BCUT2D eigenvalue weighted by Crippen LogP contribution is -2.00. The summed E-state index contributed by atoms with van der Waals surface area (Å²) in [6.07, 6.45) is 0. The van der Waals surface area contributed by atoms with Crippen molar-refractivity contribution in [3.05, 3.63) is 46.5 Å². The molecular formula is C14H11ClO2. The first-order valence-corrected chi connectivity index (χ1v) is 5.63. The van der Waals surface area contributed by atoms with Crippen molar-refractivity contribution in [2.45, 2.75) is 13.8 Å². The topological polar surface area (TPSA) is 34.1 Å². The molecule has 0 aromatic heterocycles. The van der Waals surface area contributed by atoms with Crippen molar-refractivity contribution in [3.63, 3.8) is 0 Å². The highest BCUT2D eigenvalue weighted by Crippen LogP contribution is 2.30. The molecule has 0 unspecified atom stereocenters. The van der Waals surface area contributed by atoms with Crippen molar-refractivity contribution < 1.29 is 9.59 Å². The normalized spacial score (nSPS) is 10.5. The van der Waals surface area contributed by atoms with Gasteiger partial charge in [-0.3, -0.25) is 9.59 Å². The number of halogens is 1. The van der Waals surface area contributed by atoms with Crippen LogP contribution in [0.2, 0.25) is 5.02 Å². The Bertz CT molecular complexity index is 609. The van der Waals surface area contributed by atoms with Gasteiger partial charge in [0.15, 0.2) is 11.6 Å². The summed E-state index contributed by atoms with van der Waals surface area (Å²) in [5.41, 5.74) is 1.07. The summed E-state index contributed by atoms with van der Waals surface area (Å²) in [5.74, 6) is -0.138. The molecule has 0 spiro atoms. The zero-order valence-corrected chi connectivity index (χ0v) is 10.3. The molecule has 0 aliphatic rings. The Morgan fingerprint density at radius 3 is 2.12 bits per heavy atom. The number of hydrogen-bond acceptors (Lipinski definition) is 2. The maximum atomic E-state index is 11.6. The quantitative estimate of drug-likeness (QED) is 0.753. The number of rotatable bonds is 2. The van der Waals surface area contributed by atoms with Gasteiger partial charge in [-0.25, -0.2) is 0 Å². The zero-order valence-electron chi connectivity index (χ0n) is 9.58. The fraction of sp³-hybridized carbons (Fsp3) is 0.143. The van der Waals surface area contributed by atoms with Gasteiger partial charge in [0.25, 0.3) is 0 Å². The largest absolute Gasteiger partial charge is 0.294 e. The molecule has 0 bridgehead atoms. The number of hydrogen-bond donors (Lipinski definition) is 0. The summed E-state index contributed by atoms with van der Waals surface area (Å²) in [6.45, 7) is 2.97. The third kappa shape index (κ3) is 1.96. The van der Waals surface area contributed by atoms with Crippen LogP contribution in [0.15, 0.2) is 30.3 Å². The SMILES string of the molecule is CC(=O)c1cccc2c(Cl)ccc(C(C)=O)c12. The van der Waals surface area contributed by atoms with Crippen molar-refractivity contribution >= 4 is 33.9 Å². The summed E-state index contributed by atoms with van der Waals surface area (Å²) in [7, 11) is 0. The Morgan fingerprint density at radius 2 is 1.53 bits per heavy atom. The minimum absolute atomic E-state index is 0.0691. The van der Waals surface area contributed by atoms with E-state index in [-0.39, 0.29) is 11.6 Å². The van der Waals surface area contributed by atoms with E-state index in [1.165, 1.54) is 13.8 Å². The van der Waals surface area contributed by atoms with E-state index in [2.05, 4.69) is 0 Å². The van der Waals surface area contributed by atoms with Crippen LogP contribution in [-0.4, -0.2) is 11.6 Å². The molecule has 0 heterocycles. The molecule has 2 nitrogen and oxygen atoms in total. The van der Waals surface area contributed by atoms with E-state index in [0.717, 1.165) is 5.39 Å². The van der Waals surface area contributed by atoms with Crippen molar-refractivity contribution in [2.75, 3.05) is 0 Å². The van der Waals surface area contributed by atoms with Gasteiger partial charge in [0.1, 0.15) is 0 Å². The lowest BCUT2D eigenvalue weighted by atomic mass is 9.95. The Hall–Kier alpha value is -1.67. The maximum absolute atomic E-state index is 11.6. The van der Waals surface area contributed by atoms with E-state index in [1.807, 2.05) is 6.07 Å². The van der Waals surface area contributed by atoms with Gasteiger partial charge in [-0.15, -0.1) is 0 Å². The van der Waals surface area contributed by atoms with E-state index in [0.29, 0.717) is 21.5 Å². The molecule has 0 amide bonds. The molecule has 0 saturated carbocycles. The lowest BCUT2D eigenvalue weighted by molar-refractivity contribution is 0.101. The van der Waals surface area contributed by atoms with Crippen molar-refractivity contribution in [1.29, 1.82) is 0 Å². The Morgan fingerprint density at radius 1 is 0.941 bits per heavy atom. The van der Waals surface area contributed by atoms with Crippen LogP contribution in [0.3, 0.4) is 0 Å². The summed E-state index contributed by atoms with van der Waals surface area (Å²) < 4.78 is 0. The monoisotopic (exact) mass is 246 g/mol.